The SMILES string of the molecule is CCOc1ccc(C2=NC(=S)C3Cc4cccc(C)c4OC3=N2)cc1. The maximum Gasteiger partial charge on any atom is 0.207 e. The average Bonchev–Trinajstić information content (AvgIpc) is 2.62. The van der Waals surface area contributed by atoms with Crippen LogP contribution in [0.1, 0.15) is 23.6 Å². The molecule has 2 aliphatic heterocycles. The zero-order valence-corrected chi connectivity index (χ0v) is 15.0. The topological polar surface area (TPSA) is 43.2 Å². The van der Waals surface area contributed by atoms with Gasteiger partial charge in [-0.2, -0.15) is 4.99 Å². The fourth-order valence-corrected chi connectivity index (χ4v) is 3.37. The largest absolute Gasteiger partial charge is 0.494 e. The molecule has 0 saturated carbocycles. The monoisotopic (exact) mass is 350 g/mol. The molecule has 2 aliphatic rings. The molecular weight excluding hydrogens is 332 g/mol. The lowest BCUT2D eigenvalue weighted by atomic mass is 9.93. The highest BCUT2D eigenvalue weighted by molar-refractivity contribution is 7.80. The Balaban J connectivity index is 1.67. The van der Waals surface area contributed by atoms with Crippen molar-refractivity contribution in [3.8, 4) is 11.5 Å². The van der Waals surface area contributed by atoms with Crippen LogP contribution in [0.25, 0.3) is 0 Å². The van der Waals surface area contributed by atoms with Crippen LogP contribution in [0.3, 0.4) is 0 Å². The molecule has 5 heteroatoms. The number of ether oxygens (including phenoxy) is 2. The van der Waals surface area contributed by atoms with Crippen LogP contribution in [0.15, 0.2) is 52.4 Å². The summed E-state index contributed by atoms with van der Waals surface area (Å²) < 4.78 is 11.6. The smallest absolute Gasteiger partial charge is 0.207 e. The Kier molecular flexibility index (Phi) is 4.09. The molecule has 2 heterocycles. The van der Waals surface area contributed by atoms with Crippen LogP contribution >= 0.6 is 12.2 Å². The number of para-hydroxylation sites is 1. The normalized spacial score (nSPS) is 18.5. The van der Waals surface area contributed by atoms with Crippen LogP contribution in [0.5, 0.6) is 11.5 Å². The number of nitrogens with zero attached hydrogens (tertiary/aromatic N) is 2. The molecule has 2 aromatic rings. The number of thiocarbonyl (C=S) groups is 1. The van der Waals surface area contributed by atoms with Crippen molar-refractivity contribution in [2.24, 2.45) is 15.9 Å². The van der Waals surface area contributed by atoms with E-state index in [9.17, 15) is 0 Å². The van der Waals surface area contributed by atoms with Crippen LogP contribution in [-0.2, 0) is 6.42 Å². The van der Waals surface area contributed by atoms with Gasteiger partial charge < -0.3 is 9.47 Å². The molecule has 0 radical (unpaired) electrons. The van der Waals surface area contributed by atoms with Crippen LogP contribution in [0, 0.1) is 12.8 Å². The third-order valence-electron chi connectivity index (χ3n) is 4.38. The highest BCUT2D eigenvalue weighted by atomic mass is 32.1. The molecule has 0 amide bonds. The fourth-order valence-electron chi connectivity index (χ4n) is 3.10. The van der Waals surface area contributed by atoms with Gasteiger partial charge >= 0.3 is 0 Å². The molecule has 0 saturated heterocycles. The van der Waals surface area contributed by atoms with Crippen molar-refractivity contribution in [2.75, 3.05) is 6.61 Å². The Labute approximate surface area is 152 Å². The molecule has 0 bridgehead atoms. The highest BCUT2D eigenvalue weighted by Gasteiger charge is 2.34. The molecule has 126 valence electrons. The van der Waals surface area contributed by atoms with E-state index in [1.54, 1.807) is 0 Å². The van der Waals surface area contributed by atoms with Crippen molar-refractivity contribution in [2.45, 2.75) is 20.3 Å². The van der Waals surface area contributed by atoms with Crippen LogP contribution < -0.4 is 9.47 Å². The number of fused-ring (bicyclic) bond motifs is 2. The molecular formula is C20H18N2O2S. The molecule has 1 unspecified atom stereocenters. The van der Waals surface area contributed by atoms with Gasteiger partial charge in [0.25, 0.3) is 0 Å². The summed E-state index contributed by atoms with van der Waals surface area (Å²) in [5.41, 5.74) is 3.16. The Morgan fingerprint density at radius 2 is 1.96 bits per heavy atom. The van der Waals surface area contributed by atoms with E-state index < -0.39 is 0 Å². The van der Waals surface area contributed by atoms with Crippen molar-refractivity contribution in [3.05, 3.63) is 59.2 Å². The molecule has 0 fully saturated rings. The lowest BCUT2D eigenvalue weighted by Crippen LogP contribution is -2.36. The maximum atomic E-state index is 6.11. The minimum absolute atomic E-state index is 0.0595. The maximum absolute atomic E-state index is 6.11. The number of benzene rings is 2. The molecule has 25 heavy (non-hydrogen) atoms. The predicted molar refractivity (Wildman–Crippen MR) is 103 cm³/mol. The third kappa shape index (κ3) is 2.96. The number of aryl methyl sites for hydroxylation is 1. The van der Waals surface area contributed by atoms with Gasteiger partial charge in [-0.1, -0.05) is 30.4 Å². The summed E-state index contributed by atoms with van der Waals surface area (Å²) >= 11 is 5.54. The summed E-state index contributed by atoms with van der Waals surface area (Å²) in [5.74, 6) is 2.90. The van der Waals surface area contributed by atoms with E-state index in [4.69, 9.17) is 21.7 Å². The number of amidine groups is 1. The minimum Gasteiger partial charge on any atom is -0.494 e. The first-order valence-electron chi connectivity index (χ1n) is 8.36. The summed E-state index contributed by atoms with van der Waals surface area (Å²) in [6.07, 6.45) is 0.786. The summed E-state index contributed by atoms with van der Waals surface area (Å²) in [6, 6.07) is 13.9. The molecule has 2 aromatic carbocycles. The van der Waals surface area contributed by atoms with Gasteiger partial charge in [-0.3, -0.25) is 0 Å². The van der Waals surface area contributed by atoms with E-state index in [-0.39, 0.29) is 5.92 Å². The van der Waals surface area contributed by atoms with Crippen molar-refractivity contribution in [3.63, 3.8) is 0 Å². The zero-order chi connectivity index (χ0) is 17.4. The van der Waals surface area contributed by atoms with E-state index in [2.05, 4.69) is 16.1 Å². The molecule has 1 atom stereocenters. The van der Waals surface area contributed by atoms with Crippen LogP contribution in [-0.4, -0.2) is 23.3 Å². The summed E-state index contributed by atoms with van der Waals surface area (Å²) in [4.78, 5) is 9.83. The minimum atomic E-state index is -0.0595. The van der Waals surface area contributed by atoms with Crippen molar-refractivity contribution in [1.82, 2.24) is 0 Å². The van der Waals surface area contributed by atoms with E-state index in [0.29, 0.717) is 23.3 Å². The van der Waals surface area contributed by atoms with Gasteiger partial charge in [0.05, 0.1) is 12.5 Å². The first kappa shape index (κ1) is 16.0. The average molecular weight is 350 g/mol. The Morgan fingerprint density at radius 3 is 2.72 bits per heavy atom. The van der Waals surface area contributed by atoms with Gasteiger partial charge in [-0.15, -0.1) is 0 Å². The van der Waals surface area contributed by atoms with Crippen LogP contribution in [0.2, 0.25) is 0 Å². The molecule has 0 aliphatic carbocycles. The summed E-state index contributed by atoms with van der Waals surface area (Å²) in [5, 5.41) is 0. The van der Waals surface area contributed by atoms with Crippen molar-refractivity contribution >= 4 is 28.9 Å². The van der Waals surface area contributed by atoms with Crippen LogP contribution in [0.4, 0.5) is 0 Å². The van der Waals surface area contributed by atoms with Crippen molar-refractivity contribution < 1.29 is 9.47 Å². The lowest BCUT2D eigenvalue weighted by Gasteiger charge is -2.29. The quantitative estimate of drug-likeness (QED) is 0.782. The zero-order valence-electron chi connectivity index (χ0n) is 14.2. The first-order valence-corrected chi connectivity index (χ1v) is 8.77. The van der Waals surface area contributed by atoms with E-state index in [1.165, 1.54) is 0 Å². The number of rotatable bonds is 3. The Hall–Kier alpha value is -2.53. The second kappa shape index (κ2) is 6.41. The number of hydrogen-bond donors (Lipinski definition) is 0. The standard InChI is InChI=1S/C20H18N2O2S/c1-3-23-15-9-7-13(8-10-15)18-21-19-16(20(25)22-18)11-14-6-4-5-12(2)17(14)24-19/h4-10,16H,3,11H2,1-2H3. The summed E-state index contributed by atoms with van der Waals surface area (Å²) in [6.45, 7) is 4.65. The Bertz CT molecular complexity index is 900. The molecule has 0 aromatic heterocycles. The van der Waals surface area contributed by atoms with Gasteiger partial charge in [0, 0.05) is 5.56 Å². The number of hydrogen-bond acceptors (Lipinski definition) is 4. The van der Waals surface area contributed by atoms with Gasteiger partial charge in [-0.05, 0) is 55.7 Å². The van der Waals surface area contributed by atoms with E-state index >= 15 is 0 Å². The molecule has 0 N–H and O–H groups in total. The second-order valence-electron chi connectivity index (χ2n) is 6.10. The predicted octanol–water partition coefficient (Wildman–Crippen LogP) is 4.13. The van der Waals surface area contributed by atoms with Gasteiger partial charge in [0.15, 0.2) is 5.84 Å². The lowest BCUT2D eigenvalue weighted by molar-refractivity contribution is 0.340. The summed E-state index contributed by atoms with van der Waals surface area (Å²) in [7, 11) is 0. The van der Waals surface area contributed by atoms with Gasteiger partial charge in [-0.25, -0.2) is 4.99 Å². The number of aliphatic imine (C=N–C) groups is 2. The third-order valence-corrected chi connectivity index (χ3v) is 4.75. The first-order chi connectivity index (χ1) is 12.2. The van der Waals surface area contributed by atoms with E-state index in [1.807, 2.05) is 50.2 Å². The Morgan fingerprint density at radius 1 is 1.16 bits per heavy atom. The van der Waals surface area contributed by atoms with E-state index in [0.717, 1.165) is 34.6 Å². The van der Waals surface area contributed by atoms with Gasteiger partial charge in [0.1, 0.15) is 16.5 Å². The highest BCUT2D eigenvalue weighted by Crippen LogP contribution is 2.34. The van der Waals surface area contributed by atoms with Gasteiger partial charge in [0.2, 0.25) is 5.90 Å². The molecule has 4 nitrogen and oxygen atoms in total. The second-order valence-corrected chi connectivity index (χ2v) is 6.52. The van der Waals surface area contributed by atoms with Crippen molar-refractivity contribution in [1.29, 1.82) is 0 Å². The molecule has 4 rings (SSSR count). The fraction of sp³-hybridized carbons (Fsp3) is 0.250. The molecule has 0 spiro atoms.